The van der Waals surface area contributed by atoms with Crippen molar-refractivity contribution in [3.63, 3.8) is 0 Å². The first-order chi connectivity index (χ1) is 8.20. The molecule has 8 heteroatoms. The monoisotopic (exact) mass is 586 g/mol. The van der Waals surface area contributed by atoms with E-state index in [1.807, 2.05) is 67.8 Å². The minimum atomic E-state index is -1.08. The van der Waals surface area contributed by atoms with Gasteiger partial charge in [0.1, 0.15) is 0 Å². The number of amides is 1. The van der Waals surface area contributed by atoms with E-state index in [-0.39, 0.29) is 11.5 Å². The van der Waals surface area contributed by atoms with Crippen molar-refractivity contribution in [3.8, 4) is 0 Å². The molecule has 0 atom stereocenters. The molecule has 0 fully saturated rings. The molecule has 1 amide bonds. The predicted molar refractivity (Wildman–Crippen MR) is 94.0 cm³/mol. The third kappa shape index (κ3) is 2.84. The van der Waals surface area contributed by atoms with Crippen molar-refractivity contribution in [2.24, 2.45) is 0 Å². The molecule has 0 bridgehead atoms. The van der Waals surface area contributed by atoms with Crippen molar-refractivity contribution in [3.05, 3.63) is 21.8 Å². The van der Waals surface area contributed by atoms with Crippen molar-refractivity contribution < 1.29 is 14.7 Å². The van der Waals surface area contributed by atoms with Crippen LogP contribution in [0.25, 0.3) is 0 Å². The van der Waals surface area contributed by atoms with Gasteiger partial charge in [-0.2, -0.15) is 0 Å². The van der Waals surface area contributed by atoms with E-state index in [0.717, 1.165) is 0 Å². The largest absolute Gasteiger partial charge is 0.478 e. The number of carbonyl (C=O) groups is 2. The van der Waals surface area contributed by atoms with Crippen LogP contribution in [0.2, 0.25) is 0 Å². The average Bonchev–Trinajstić information content (AvgIpc) is 2.25. The molecular weight excluding hydrogens is 577 g/mol. The molecule has 0 spiro atoms. The first kappa shape index (κ1) is 16.2. The van der Waals surface area contributed by atoms with Gasteiger partial charge < -0.3 is 15.7 Å². The number of aromatic carboxylic acids is 1. The fraction of sp³-hybridized carbons (Fsp3) is 0.200. The Kier molecular flexibility index (Phi) is 5.46. The van der Waals surface area contributed by atoms with Gasteiger partial charge in [-0.25, -0.2) is 4.79 Å². The highest BCUT2D eigenvalue weighted by atomic mass is 127. The maximum Gasteiger partial charge on any atom is 0.337 e. The molecule has 1 aromatic rings. The summed E-state index contributed by atoms with van der Waals surface area (Å²) >= 11 is 5.74. The van der Waals surface area contributed by atoms with Gasteiger partial charge in [0.05, 0.1) is 24.0 Å². The van der Waals surface area contributed by atoms with Crippen LogP contribution in [0.3, 0.4) is 0 Å². The van der Waals surface area contributed by atoms with Gasteiger partial charge in [0.25, 0.3) is 5.91 Å². The molecule has 0 unspecified atom stereocenters. The predicted octanol–water partition coefficient (Wildman–Crippen LogP) is 2.48. The Hall–Kier alpha value is 0.150. The Morgan fingerprint density at radius 1 is 1.06 bits per heavy atom. The zero-order valence-corrected chi connectivity index (χ0v) is 15.9. The lowest BCUT2D eigenvalue weighted by Gasteiger charge is -2.17. The molecule has 3 N–H and O–H groups in total. The molecule has 0 aliphatic carbocycles. The molecule has 1 rings (SSSR count). The lowest BCUT2D eigenvalue weighted by Crippen LogP contribution is -2.26. The number of halogens is 3. The van der Waals surface area contributed by atoms with E-state index in [9.17, 15) is 14.7 Å². The second-order valence-corrected chi connectivity index (χ2v) is 6.85. The first-order valence-corrected chi connectivity index (χ1v) is 7.84. The fourth-order valence-electron chi connectivity index (χ4n) is 1.28. The molecule has 0 radical (unpaired) electrons. The Morgan fingerprint density at radius 2 is 1.50 bits per heavy atom. The fourth-order valence-corrected chi connectivity index (χ4v) is 5.37. The van der Waals surface area contributed by atoms with Crippen LogP contribution in [0, 0.1) is 10.7 Å². The summed E-state index contributed by atoms with van der Waals surface area (Å²) in [6.45, 7) is 0. The number of carboxylic acids is 1. The van der Waals surface area contributed by atoms with E-state index < -0.39 is 5.97 Å². The highest BCUT2D eigenvalue weighted by molar-refractivity contribution is 14.1. The minimum absolute atomic E-state index is 0.0827. The van der Waals surface area contributed by atoms with Crippen LogP contribution < -0.4 is 5.73 Å². The lowest BCUT2D eigenvalue weighted by molar-refractivity contribution is 0.0694. The molecule has 0 saturated heterocycles. The molecular formula is C10H9I3N2O3. The van der Waals surface area contributed by atoms with Crippen LogP contribution in [0.1, 0.15) is 20.7 Å². The lowest BCUT2D eigenvalue weighted by atomic mass is 10.1. The van der Waals surface area contributed by atoms with Crippen molar-refractivity contribution in [2.45, 2.75) is 0 Å². The maximum absolute atomic E-state index is 12.1. The normalized spacial score (nSPS) is 10.3. The number of nitrogens with two attached hydrogens (primary N) is 1. The summed E-state index contributed by atoms with van der Waals surface area (Å²) in [5, 5.41) is 9.21. The van der Waals surface area contributed by atoms with Crippen LogP contribution in [-0.2, 0) is 0 Å². The van der Waals surface area contributed by atoms with Crippen LogP contribution in [0.4, 0.5) is 5.69 Å². The van der Waals surface area contributed by atoms with Gasteiger partial charge in [0.15, 0.2) is 0 Å². The third-order valence-electron chi connectivity index (χ3n) is 2.18. The number of carbonyl (C=O) groups excluding carboxylic acids is 1. The SMILES string of the molecule is CN(C)C(=O)c1c(I)c(N)c(I)c(C(=O)O)c1I. The topological polar surface area (TPSA) is 83.6 Å². The van der Waals surface area contributed by atoms with E-state index in [2.05, 4.69) is 0 Å². The molecule has 1 aromatic carbocycles. The molecule has 0 heterocycles. The highest BCUT2D eigenvalue weighted by Gasteiger charge is 2.27. The zero-order valence-electron chi connectivity index (χ0n) is 9.42. The highest BCUT2D eigenvalue weighted by Crippen LogP contribution is 2.34. The molecule has 0 saturated carbocycles. The molecule has 0 aliphatic rings. The summed E-state index contributed by atoms with van der Waals surface area (Å²) in [6.07, 6.45) is 0. The van der Waals surface area contributed by atoms with Crippen molar-refractivity contribution in [2.75, 3.05) is 19.8 Å². The van der Waals surface area contributed by atoms with E-state index in [0.29, 0.717) is 22.0 Å². The van der Waals surface area contributed by atoms with Gasteiger partial charge in [0, 0.05) is 17.7 Å². The quantitative estimate of drug-likeness (QED) is 0.413. The van der Waals surface area contributed by atoms with Gasteiger partial charge in [0.2, 0.25) is 0 Å². The van der Waals surface area contributed by atoms with E-state index >= 15 is 0 Å². The average molecular weight is 586 g/mol. The number of hydrogen-bond acceptors (Lipinski definition) is 3. The van der Waals surface area contributed by atoms with Gasteiger partial charge in [-0.05, 0) is 67.8 Å². The first-order valence-electron chi connectivity index (χ1n) is 4.61. The van der Waals surface area contributed by atoms with Crippen molar-refractivity contribution >= 4 is 85.3 Å². The van der Waals surface area contributed by atoms with E-state index in [1.165, 1.54) is 4.90 Å². The Morgan fingerprint density at radius 3 is 1.89 bits per heavy atom. The maximum atomic E-state index is 12.1. The minimum Gasteiger partial charge on any atom is -0.478 e. The number of nitrogens with zero attached hydrogens (tertiary/aromatic N) is 1. The molecule has 98 valence electrons. The van der Waals surface area contributed by atoms with Crippen LogP contribution in [0.15, 0.2) is 0 Å². The Bertz CT molecular complexity index is 544. The number of carboxylic acid groups (broad SMARTS) is 1. The van der Waals surface area contributed by atoms with Gasteiger partial charge >= 0.3 is 5.97 Å². The number of hydrogen-bond donors (Lipinski definition) is 2. The van der Waals surface area contributed by atoms with Crippen LogP contribution in [0.5, 0.6) is 0 Å². The number of nitrogen functional groups attached to an aromatic ring is 1. The molecule has 0 aliphatic heterocycles. The Labute approximate surface area is 145 Å². The second kappa shape index (κ2) is 6.07. The molecule has 18 heavy (non-hydrogen) atoms. The summed E-state index contributed by atoms with van der Waals surface area (Å²) in [5.74, 6) is -1.34. The van der Waals surface area contributed by atoms with Crippen LogP contribution >= 0.6 is 67.8 Å². The van der Waals surface area contributed by atoms with Crippen molar-refractivity contribution in [1.82, 2.24) is 4.90 Å². The summed E-state index contributed by atoms with van der Waals surface area (Å²) in [4.78, 5) is 24.7. The molecule has 5 nitrogen and oxygen atoms in total. The second-order valence-electron chi connectivity index (χ2n) is 3.61. The van der Waals surface area contributed by atoms with Gasteiger partial charge in [-0.1, -0.05) is 0 Å². The van der Waals surface area contributed by atoms with Crippen LogP contribution in [-0.4, -0.2) is 36.0 Å². The zero-order chi connectivity index (χ0) is 14.2. The number of anilines is 1. The number of benzene rings is 1. The van der Waals surface area contributed by atoms with Gasteiger partial charge in [-0.15, -0.1) is 0 Å². The summed E-state index contributed by atoms with van der Waals surface area (Å²) in [7, 11) is 3.23. The summed E-state index contributed by atoms with van der Waals surface area (Å²) < 4.78 is 1.47. The Balaban J connectivity index is 3.73. The summed E-state index contributed by atoms with van der Waals surface area (Å²) in [6, 6.07) is 0. The molecule has 0 aromatic heterocycles. The van der Waals surface area contributed by atoms with Crippen molar-refractivity contribution in [1.29, 1.82) is 0 Å². The number of rotatable bonds is 2. The summed E-state index contributed by atoms with van der Waals surface area (Å²) in [5.41, 5.74) is 6.64. The van der Waals surface area contributed by atoms with Gasteiger partial charge in [-0.3, -0.25) is 4.79 Å². The smallest absolute Gasteiger partial charge is 0.337 e. The third-order valence-corrected chi connectivity index (χ3v) is 5.50. The van der Waals surface area contributed by atoms with E-state index in [1.54, 1.807) is 14.1 Å². The standard InChI is InChI=1S/C10H9I3N2O3/c1-15(2)9(16)3-5(11)4(10(17)18)7(13)8(14)6(3)12/h14H2,1-2H3,(H,17,18). The van der Waals surface area contributed by atoms with E-state index in [4.69, 9.17) is 5.73 Å².